The van der Waals surface area contributed by atoms with E-state index in [1.54, 1.807) is 28.3 Å². The fourth-order valence-corrected chi connectivity index (χ4v) is 3.73. The molecule has 1 aromatic heterocycles. The van der Waals surface area contributed by atoms with Gasteiger partial charge in [-0.25, -0.2) is 4.79 Å². The quantitative estimate of drug-likeness (QED) is 0.754. The summed E-state index contributed by atoms with van der Waals surface area (Å²) in [6.45, 7) is 3.94. The normalized spacial score (nSPS) is 14.2. The molecule has 2 heterocycles. The first-order valence-electron chi connectivity index (χ1n) is 8.58. The van der Waals surface area contributed by atoms with Gasteiger partial charge in [-0.05, 0) is 51.7 Å². The molecule has 26 heavy (non-hydrogen) atoms. The molecule has 7 heteroatoms. The number of hydrogen-bond donors (Lipinski definition) is 1. The summed E-state index contributed by atoms with van der Waals surface area (Å²) < 4.78 is 0.838. The van der Waals surface area contributed by atoms with Crippen LogP contribution in [-0.2, 0) is 13.1 Å². The highest BCUT2D eigenvalue weighted by Crippen LogP contribution is 2.32. The minimum absolute atomic E-state index is 0.0711. The Kier molecular flexibility index (Phi) is 6.16. The summed E-state index contributed by atoms with van der Waals surface area (Å²) in [5.74, 6) is 0. The van der Waals surface area contributed by atoms with Gasteiger partial charge in [-0.2, -0.15) is 0 Å². The fraction of sp³-hybridized carbons (Fsp3) is 0.368. The highest BCUT2D eigenvalue weighted by Gasteiger charge is 2.29. The van der Waals surface area contributed by atoms with Gasteiger partial charge in [0.15, 0.2) is 0 Å². The van der Waals surface area contributed by atoms with E-state index in [0.717, 1.165) is 22.0 Å². The van der Waals surface area contributed by atoms with Gasteiger partial charge in [0.25, 0.3) is 0 Å². The number of hydrogen-bond acceptors (Lipinski definition) is 3. The van der Waals surface area contributed by atoms with Crippen LogP contribution in [0.15, 0.2) is 41.1 Å². The van der Waals surface area contributed by atoms with E-state index in [1.165, 1.54) is 0 Å². The molecule has 1 N–H and O–H groups in total. The van der Waals surface area contributed by atoms with Crippen molar-refractivity contribution in [3.63, 3.8) is 0 Å². The molecule has 1 aliphatic heterocycles. The number of nitrogens with zero attached hydrogens (tertiary/aromatic N) is 3. The van der Waals surface area contributed by atoms with Gasteiger partial charge < -0.3 is 14.9 Å². The second kappa shape index (κ2) is 8.37. The third kappa shape index (κ3) is 4.19. The van der Waals surface area contributed by atoms with Crippen molar-refractivity contribution < 1.29 is 9.90 Å². The van der Waals surface area contributed by atoms with E-state index in [2.05, 4.69) is 20.9 Å². The number of benzene rings is 1. The number of urea groups is 1. The molecule has 0 saturated heterocycles. The summed E-state index contributed by atoms with van der Waals surface area (Å²) >= 11 is 9.60. The Balaban J connectivity index is 1.71. The lowest BCUT2D eigenvalue weighted by Crippen LogP contribution is -2.43. The summed E-state index contributed by atoms with van der Waals surface area (Å²) in [5.41, 5.74) is 2.87. The molecule has 0 fully saturated rings. The third-order valence-corrected chi connectivity index (χ3v) is 5.66. The Hall–Kier alpha value is -1.63. The van der Waals surface area contributed by atoms with Crippen LogP contribution in [0, 0.1) is 0 Å². The van der Waals surface area contributed by atoms with Crippen molar-refractivity contribution in [1.82, 2.24) is 14.8 Å². The molecule has 1 aromatic carbocycles. The minimum atomic E-state index is -0.757. The highest BCUT2D eigenvalue weighted by molar-refractivity contribution is 9.10. The summed E-state index contributed by atoms with van der Waals surface area (Å²) in [6.07, 6.45) is 3.36. The first-order chi connectivity index (χ1) is 12.5. The van der Waals surface area contributed by atoms with Gasteiger partial charge in [-0.3, -0.25) is 4.98 Å². The minimum Gasteiger partial charge on any atom is -0.386 e. The van der Waals surface area contributed by atoms with E-state index in [9.17, 15) is 9.90 Å². The number of halogens is 2. The topological polar surface area (TPSA) is 56.7 Å². The number of aliphatic hydroxyl groups excluding tert-OH is 1. The van der Waals surface area contributed by atoms with Crippen molar-refractivity contribution in [2.24, 2.45) is 0 Å². The van der Waals surface area contributed by atoms with E-state index in [-0.39, 0.29) is 12.6 Å². The molecule has 138 valence electrons. The van der Waals surface area contributed by atoms with Gasteiger partial charge in [0, 0.05) is 42.1 Å². The number of rotatable bonds is 5. The average Bonchev–Trinajstić information content (AvgIpc) is 3.04. The standard InChI is InChI=1S/C19H21BrClN3O2/c1-2-6-23(12-18(25)13-4-3-5-22-9-13)19(26)24-10-14-7-16(20)17(21)8-15(14)11-24/h3-5,7-9,18,25H,2,6,10-12H2,1H3. The Labute approximate surface area is 166 Å². The van der Waals surface area contributed by atoms with Crippen LogP contribution >= 0.6 is 27.5 Å². The molecule has 1 atom stereocenters. The van der Waals surface area contributed by atoms with Gasteiger partial charge in [-0.1, -0.05) is 24.6 Å². The zero-order valence-electron chi connectivity index (χ0n) is 14.5. The smallest absolute Gasteiger partial charge is 0.320 e. The lowest BCUT2D eigenvalue weighted by atomic mass is 10.1. The number of amides is 2. The number of aliphatic hydroxyl groups is 1. The molecular weight excluding hydrogens is 418 g/mol. The molecule has 0 radical (unpaired) electrons. The van der Waals surface area contributed by atoms with E-state index in [0.29, 0.717) is 30.2 Å². The van der Waals surface area contributed by atoms with Crippen molar-refractivity contribution in [3.05, 3.63) is 62.8 Å². The monoisotopic (exact) mass is 437 g/mol. The lowest BCUT2D eigenvalue weighted by molar-refractivity contribution is 0.102. The maximum atomic E-state index is 13.0. The molecule has 5 nitrogen and oxygen atoms in total. The van der Waals surface area contributed by atoms with E-state index in [4.69, 9.17) is 11.6 Å². The van der Waals surface area contributed by atoms with E-state index in [1.807, 2.05) is 25.1 Å². The number of carbonyl (C=O) groups excluding carboxylic acids is 1. The fourth-order valence-electron chi connectivity index (χ4n) is 3.15. The zero-order valence-corrected chi connectivity index (χ0v) is 16.9. The van der Waals surface area contributed by atoms with Crippen LogP contribution in [0.2, 0.25) is 5.02 Å². The van der Waals surface area contributed by atoms with Crippen molar-refractivity contribution in [3.8, 4) is 0 Å². The Morgan fingerprint density at radius 2 is 2.15 bits per heavy atom. The maximum Gasteiger partial charge on any atom is 0.320 e. The molecule has 1 unspecified atom stereocenters. The molecule has 2 amide bonds. The van der Waals surface area contributed by atoms with Crippen LogP contribution in [0.25, 0.3) is 0 Å². The lowest BCUT2D eigenvalue weighted by Gasteiger charge is -2.29. The molecule has 0 spiro atoms. The molecule has 2 aromatic rings. The molecule has 0 bridgehead atoms. The molecular formula is C19H21BrClN3O2. The van der Waals surface area contributed by atoms with Gasteiger partial charge >= 0.3 is 6.03 Å². The average molecular weight is 439 g/mol. The summed E-state index contributed by atoms with van der Waals surface area (Å²) in [4.78, 5) is 20.6. The predicted octanol–water partition coefficient (Wildman–Crippen LogP) is 4.38. The van der Waals surface area contributed by atoms with Gasteiger partial charge in [0.1, 0.15) is 0 Å². The van der Waals surface area contributed by atoms with Crippen LogP contribution in [-0.4, -0.2) is 39.0 Å². The third-order valence-electron chi connectivity index (χ3n) is 4.46. The summed E-state index contributed by atoms with van der Waals surface area (Å²) in [7, 11) is 0. The SMILES string of the molecule is CCCN(CC(O)c1cccnc1)C(=O)N1Cc2cc(Cl)c(Br)cc2C1. The second-order valence-electron chi connectivity index (χ2n) is 6.42. The largest absolute Gasteiger partial charge is 0.386 e. The molecule has 0 saturated carbocycles. The van der Waals surface area contributed by atoms with Crippen LogP contribution in [0.5, 0.6) is 0 Å². The molecule has 1 aliphatic rings. The number of carbonyl (C=O) groups is 1. The van der Waals surface area contributed by atoms with Crippen LogP contribution in [0.3, 0.4) is 0 Å². The Morgan fingerprint density at radius 3 is 2.81 bits per heavy atom. The first-order valence-corrected chi connectivity index (χ1v) is 9.75. The molecule has 0 aliphatic carbocycles. The van der Waals surface area contributed by atoms with Crippen molar-refractivity contribution in [2.45, 2.75) is 32.5 Å². The predicted molar refractivity (Wildman–Crippen MR) is 105 cm³/mol. The van der Waals surface area contributed by atoms with Gasteiger partial charge in [0.05, 0.1) is 17.7 Å². The van der Waals surface area contributed by atoms with Crippen molar-refractivity contribution in [2.75, 3.05) is 13.1 Å². The van der Waals surface area contributed by atoms with Crippen LogP contribution in [0.1, 0.15) is 36.1 Å². The Bertz CT molecular complexity index is 757. The van der Waals surface area contributed by atoms with Crippen LogP contribution in [0.4, 0.5) is 4.79 Å². The molecule has 3 rings (SSSR count). The van der Waals surface area contributed by atoms with Crippen LogP contribution < -0.4 is 0 Å². The highest BCUT2D eigenvalue weighted by atomic mass is 79.9. The van der Waals surface area contributed by atoms with E-state index >= 15 is 0 Å². The van der Waals surface area contributed by atoms with Gasteiger partial charge in [-0.15, -0.1) is 0 Å². The number of pyridine rings is 1. The van der Waals surface area contributed by atoms with Crippen molar-refractivity contribution >= 4 is 33.6 Å². The second-order valence-corrected chi connectivity index (χ2v) is 7.68. The van der Waals surface area contributed by atoms with Crippen molar-refractivity contribution in [1.29, 1.82) is 0 Å². The summed E-state index contributed by atoms with van der Waals surface area (Å²) in [6, 6.07) is 7.40. The van der Waals surface area contributed by atoms with E-state index < -0.39 is 6.10 Å². The maximum absolute atomic E-state index is 13.0. The number of aromatic nitrogens is 1. The number of fused-ring (bicyclic) bond motifs is 1. The van der Waals surface area contributed by atoms with Gasteiger partial charge in [0.2, 0.25) is 0 Å². The first kappa shape index (κ1) is 19.1. The Morgan fingerprint density at radius 1 is 1.42 bits per heavy atom. The zero-order chi connectivity index (χ0) is 18.7. The summed E-state index contributed by atoms with van der Waals surface area (Å²) in [5, 5.41) is 11.1.